The maximum absolute atomic E-state index is 12.2. The third kappa shape index (κ3) is 5.61. The zero-order valence-corrected chi connectivity index (χ0v) is 14.7. The molecule has 0 spiro atoms. The molecule has 1 saturated heterocycles. The zero-order chi connectivity index (χ0) is 15.2. The van der Waals surface area contributed by atoms with Gasteiger partial charge in [-0.2, -0.15) is 0 Å². The van der Waals surface area contributed by atoms with Crippen LogP contribution < -0.4 is 10.6 Å². The molecule has 126 valence electrons. The molecule has 1 amide bonds. The Morgan fingerprint density at radius 3 is 2.73 bits per heavy atom. The Morgan fingerprint density at radius 1 is 1.41 bits per heavy atom. The van der Waals surface area contributed by atoms with Crippen LogP contribution in [-0.2, 0) is 11.3 Å². The molecule has 2 rings (SSSR count). The van der Waals surface area contributed by atoms with E-state index in [2.05, 4.69) is 36.4 Å². The summed E-state index contributed by atoms with van der Waals surface area (Å²) in [6, 6.07) is 0. The van der Waals surface area contributed by atoms with Crippen LogP contribution >= 0.6 is 12.4 Å². The predicted molar refractivity (Wildman–Crippen MR) is 92.3 cm³/mol. The third-order valence-corrected chi connectivity index (χ3v) is 4.22. The lowest BCUT2D eigenvalue weighted by Crippen LogP contribution is -2.32. The van der Waals surface area contributed by atoms with Crippen LogP contribution in [0.15, 0.2) is 12.4 Å². The minimum absolute atomic E-state index is 0. The summed E-state index contributed by atoms with van der Waals surface area (Å²) in [7, 11) is 0. The first-order valence-electron chi connectivity index (χ1n) is 8.08. The topological polar surface area (TPSA) is 59.0 Å². The van der Waals surface area contributed by atoms with E-state index in [0.717, 1.165) is 19.6 Å². The summed E-state index contributed by atoms with van der Waals surface area (Å²) in [6.07, 6.45) is 6.60. The number of hydrogen-bond acceptors (Lipinski definition) is 3. The van der Waals surface area contributed by atoms with Crippen molar-refractivity contribution in [2.75, 3.05) is 18.4 Å². The van der Waals surface area contributed by atoms with Gasteiger partial charge in [-0.05, 0) is 43.7 Å². The van der Waals surface area contributed by atoms with E-state index in [9.17, 15) is 4.79 Å². The van der Waals surface area contributed by atoms with Crippen LogP contribution in [-0.4, -0.2) is 28.5 Å². The van der Waals surface area contributed by atoms with E-state index in [0.29, 0.717) is 30.1 Å². The number of nitrogens with zero attached hydrogens (tertiary/aromatic N) is 2. The fourth-order valence-electron chi connectivity index (χ4n) is 3.02. The van der Waals surface area contributed by atoms with Crippen LogP contribution in [0.1, 0.15) is 40.0 Å². The highest BCUT2D eigenvalue weighted by atomic mass is 35.5. The molecule has 1 unspecified atom stereocenters. The van der Waals surface area contributed by atoms with E-state index in [1.54, 1.807) is 6.20 Å². The van der Waals surface area contributed by atoms with E-state index in [-0.39, 0.29) is 18.3 Å². The second-order valence-corrected chi connectivity index (χ2v) is 6.61. The molecule has 2 N–H and O–H groups in total. The van der Waals surface area contributed by atoms with Crippen LogP contribution in [0.4, 0.5) is 5.95 Å². The maximum Gasteiger partial charge on any atom is 0.226 e. The second kappa shape index (κ2) is 9.16. The molecular weight excluding hydrogens is 300 g/mol. The van der Waals surface area contributed by atoms with Crippen LogP contribution in [0.25, 0.3) is 0 Å². The molecule has 1 aliphatic rings. The Bertz CT molecular complexity index is 455. The summed E-state index contributed by atoms with van der Waals surface area (Å²) in [4.78, 5) is 16.5. The van der Waals surface area contributed by atoms with Gasteiger partial charge in [-0.25, -0.2) is 4.98 Å². The molecule has 1 atom stereocenters. The van der Waals surface area contributed by atoms with Crippen molar-refractivity contribution in [3.05, 3.63) is 12.4 Å². The Labute approximate surface area is 139 Å². The van der Waals surface area contributed by atoms with Gasteiger partial charge in [0.2, 0.25) is 11.9 Å². The quantitative estimate of drug-likeness (QED) is 0.844. The van der Waals surface area contributed by atoms with Crippen molar-refractivity contribution < 1.29 is 4.79 Å². The minimum Gasteiger partial charge on any atom is -0.317 e. The van der Waals surface area contributed by atoms with Crippen molar-refractivity contribution in [1.82, 2.24) is 14.9 Å². The van der Waals surface area contributed by atoms with E-state index in [4.69, 9.17) is 0 Å². The summed E-state index contributed by atoms with van der Waals surface area (Å²) in [5.74, 6) is 2.37. The van der Waals surface area contributed by atoms with Gasteiger partial charge in [0.25, 0.3) is 0 Å². The molecule has 1 fully saturated rings. The molecule has 0 saturated carbocycles. The molecular formula is C16H29ClN4O. The van der Waals surface area contributed by atoms with E-state index in [1.165, 1.54) is 12.8 Å². The summed E-state index contributed by atoms with van der Waals surface area (Å²) in [6.45, 7) is 9.54. The largest absolute Gasteiger partial charge is 0.317 e. The lowest BCUT2D eigenvalue weighted by Gasteiger charge is -2.27. The Hall–Kier alpha value is -1.07. The number of hydrogen-bond donors (Lipinski definition) is 2. The number of aromatic nitrogens is 2. The van der Waals surface area contributed by atoms with Crippen LogP contribution in [0.5, 0.6) is 0 Å². The molecule has 5 nitrogen and oxygen atoms in total. The Morgan fingerprint density at radius 2 is 2.09 bits per heavy atom. The molecule has 22 heavy (non-hydrogen) atoms. The van der Waals surface area contributed by atoms with E-state index < -0.39 is 0 Å². The van der Waals surface area contributed by atoms with Gasteiger partial charge in [-0.15, -0.1) is 12.4 Å². The van der Waals surface area contributed by atoms with Crippen LogP contribution in [0.2, 0.25) is 0 Å². The molecule has 0 aliphatic carbocycles. The number of amides is 1. The normalized spacial score (nSPS) is 17.1. The molecule has 6 heteroatoms. The van der Waals surface area contributed by atoms with Gasteiger partial charge in [-0.1, -0.05) is 20.8 Å². The zero-order valence-electron chi connectivity index (χ0n) is 13.8. The highest BCUT2D eigenvalue weighted by Crippen LogP contribution is 2.24. The second-order valence-electron chi connectivity index (χ2n) is 6.61. The number of carbonyl (C=O) groups is 1. The average molecular weight is 329 g/mol. The Kier molecular flexibility index (Phi) is 7.90. The van der Waals surface area contributed by atoms with Crippen LogP contribution in [0, 0.1) is 17.8 Å². The minimum atomic E-state index is 0. The number of carbonyl (C=O) groups excluding carboxylic acids is 1. The van der Waals surface area contributed by atoms with Gasteiger partial charge >= 0.3 is 0 Å². The molecule has 1 aliphatic heterocycles. The number of rotatable bonds is 6. The van der Waals surface area contributed by atoms with Crippen molar-refractivity contribution >= 4 is 24.3 Å². The van der Waals surface area contributed by atoms with E-state index >= 15 is 0 Å². The highest BCUT2D eigenvalue weighted by Gasteiger charge is 2.22. The lowest BCUT2D eigenvalue weighted by molar-refractivity contribution is -0.117. The smallest absolute Gasteiger partial charge is 0.226 e. The Balaban J connectivity index is 0.00000242. The highest BCUT2D eigenvalue weighted by molar-refractivity contribution is 5.89. The molecule has 1 aromatic rings. The number of nitrogens with one attached hydrogen (secondary N) is 2. The lowest BCUT2D eigenvalue weighted by atomic mass is 9.84. The van der Waals surface area contributed by atoms with Crippen molar-refractivity contribution in [3.8, 4) is 0 Å². The molecule has 0 bridgehead atoms. The fourth-order valence-corrected chi connectivity index (χ4v) is 3.02. The predicted octanol–water partition coefficient (Wildman–Crippen LogP) is 2.93. The van der Waals surface area contributed by atoms with Gasteiger partial charge in [-0.3, -0.25) is 10.1 Å². The van der Waals surface area contributed by atoms with Gasteiger partial charge in [0, 0.05) is 25.4 Å². The summed E-state index contributed by atoms with van der Waals surface area (Å²) < 4.78 is 2.01. The van der Waals surface area contributed by atoms with Crippen molar-refractivity contribution in [1.29, 1.82) is 0 Å². The summed E-state index contributed by atoms with van der Waals surface area (Å²) in [5, 5.41) is 6.33. The average Bonchev–Trinajstić information content (AvgIpc) is 2.86. The van der Waals surface area contributed by atoms with Gasteiger partial charge < -0.3 is 9.88 Å². The van der Waals surface area contributed by atoms with Crippen molar-refractivity contribution in [2.24, 2.45) is 17.8 Å². The number of anilines is 1. The number of imidazole rings is 1. The fraction of sp³-hybridized carbons (Fsp3) is 0.750. The van der Waals surface area contributed by atoms with Gasteiger partial charge in [0.05, 0.1) is 0 Å². The SMILES string of the molecule is CC(C)Cn1ccnc1NC(=O)CC(C)C1CCNCC1.Cl. The van der Waals surface area contributed by atoms with Crippen molar-refractivity contribution in [3.63, 3.8) is 0 Å². The number of piperidine rings is 1. The van der Waals surface area contributed by atoms with E-state index in [1.807, 2.05) is 10.8 Å². The molecule has 0 aromatic carbocycles. The standard InChI is InChI=1S/C16H28N4O.ClH/c1-12(2)11-20-9-8-18-16(20)19-15(21)10-13(3)14-4-6-17-7-5-14;/h8-9,12-14,17H,4-7,10-11H2,1-3H3,(H,18,19,21);1H. The van der Waals surface area contributed by atoms with Crippen LogP contribution in [0.3, 0.4) is 0 Å². The van der Waals surface area contributed by atoms with Gasteiger partial charge in [0.15, 0.2) is 0 Å². The molecule has 2 heterocycles. The molecule has 0 radical (unpaired) electrons. The summed E-state index contributed by atoms with van der Waals surface area (Å²) in [5.41, 5.74) is 0. The monoisotopic (exact) mass is 328 g/mol. The van der Waals surface area contributed by atoms with Crippen molar-refractivity contribution in [2.45, 2.75) is 46.6 Å². The number of halogens is 1. The van der Waals surface area contributed by atoms with Gasteiger partial charge in [0.1, 0.15) is 0 Å². The first-order chi connectivity index (χ1) is 10.1. The first kappa shape index (κ1) is 19.0. The maximum atomic E-state index is 12.2. The summed E-state index contributed by atoms with van der Waals surface area (Å²) >= 11 is 0. The first-order valence-corrected chi connectivity index (χ1v) is 8.08. The third-order valence-electron chi connectivity index (χ3n) is 4.22. The molecule has 1 aromatic heterocycles.